The number of amides is 2. The van der Waals surface area contributed by atoms with Gasteiger partial charge in [-0.1, -0.05) is 0 Å². The number of carboxylic acids is 1. The van der Waals surface area contributed by atoms with Crippen LogP contribution in [-0.2, 0) is 14.4 Å². The summed E-state index contributed by atoms with van der Waals surface area (Å²) < 4.78 is 13.4. The highest BCUT2D eigenvalue weighted by Gasteiger charge is 2.40. The Bertz CT molecular complexity index is 706. The highest BCUT2D eigenvalue weighted by molar-refractivity contribution is 6.00. The van der Waals surface area contributed by atoms with Gasteiger partial charge in [-0.3, -0.25) is 14.4 Å². The summed E-state index contributed by atoms with van der Waals surface area (Å²) in [7, 11) is 0. The number of halogens is 1. The van der Waals surface area contributed by atoms with Crippen LogP contribution in [0.25, 0.3) is 0 Å². The van der Waals surface area contributed by atoms with Gasteiger partial charge < -0.3 is 14.9 Å². The largest absolute Gasteiger partial charge is 0.481 e. The van der Waals surface area contributed by atoms with E-state index in [0.717, 1.165) is 0 Å². The van der Waals surface area contributed by atoms with Crippen molar-refractivity contribution in [3.05, 3.63) is 29.6 Å². The maximum atomic E-state index is 13.4. The van der Waals surface area contributed by atoms with Crippen LogP contribution < -0.4 is 4.90 Å². The van der Waals surface area contributed by atoms with Crippen molar-refractivity contribution in [2.75, 3.05) is 24.5 Å². The van der Waals surface area contributed by atoms with Crippen molar-refractivity contribution in [1.82, 2.24) is 4.90 Å². The van der Waals surface area contributed by atoms with Gasteiger partial charge in [-0.25, -0.2) is 4.39 Å². The van der Waals surface area contributed by atoms with Gasteiger partial charge in [0.1, 0.15) is 5.82 Å². The molecule has 0 saturated carbocycles. The third-order valence-corrected chi connectivity index (χ3v) is 4.78. The van der Waals surface area contributed by atoms with Gasteiger partial charge in [-0.05, 0) is 37.1 Å². The van der Waals surface area contributed by atoms with Crippen molar-refractivity contribution >= 4 is 23.5 Å². The molecule has 2 amide bonds. The molecule has 0 aliphatic carbocycles. The third kappa shape index (κ3) is 2.98. The van der Waals surface area contributed by atoms with E-state index in [2.05, 4.69) is 0 Å². The Labute approximate surface area is 138 Å². The van der Waals surface area contributed by atoms with Crippen molar-refractivity contribution in [3.8, 4) is 0 Å². The van der Waals surface area contributed by atoms with Crippen LogP contribution in [0.3, 0.4) is 0 Å². The molecule has 1 N–H and O–H groups in total. The van der Waals surface area contributed by atoms with Crippen LogP contribution in [-0.4, -0.2) is 47.4 Å². The van der Waals surface area contributed by atoms with E-state index < -0.39 is 17.8 Å². The Morgan fingerprint density at radius 1 is 1.25 bits per heavy atom. The normalized spacial score (nSPS) is 23.8. The van der Waals surface area contributed by atoms with Crippen molar-refractivity contribution < 1.29 is 23.9 Å². The molecule has 24 heavy (non-hydrogen) atoms. The number of carbonyl (C=O) groups is 3. The molecule has 2 heterocycles. The summed E-state index contributed by atoms with van der Waals surface area (Å²) in [6, 6.07) is 4.44. The van der Waals surface area contributed by atoms with Crippen LogP contribution in [0, 0.1) is 24.6 Å². The van der Waals surface area contributed by atoms with Crippen LogP contribution in [0.5, 0.6) is 0 Å². The zero-order valence-electron chi connectivity index (χ0n) is 13.4. The van der Waals surface area contributed by atoms with Crippen molar-refractivity contribution in [1.29, 1.82) is 0 Å². The molecule has 1 aromatic carbocycles. The second kappa shape index (κ2) is 6.22. The molecule has 6 nitrogen and oxygen atoms in total. The SMILES string of the molecule is Cc1cc(N2CC(C(=O)N3CCC(C(=O)O)C3)CC2=O)ccc1F. The van der Waals surface area contributed by atoms with E-state index in [9.17, 15) is 18.8 Å². The first kappa shape index (κ1) is 16.4. The number of likely N-dealkylation sites (tertiary alicyclic amines) is 1. The molecule has 128 valence electrons. The Morgan fingerprint density at radius 3 is 2.62 bits per heavy atom. The number of anilines is 1. The lowest BCUT2D eigenvalue weighted by Crippen LogP contribution is -2.36. The van der Waals surface area contributed by atoms with E-state index in [1.54, 1.807) is 13.0 Å². The minimum atomic E-state index is -0.892. The van der Waals surface area contributed by atoms with Crippen LogP contribution in [0.1, 0.15) is 18.4 Å². The summed E-state index contributed by atoms with van der Waals surface area (Å²) in [5, 5.41) is 9.03. The molecule has 0 radical (unpaired) electrons. The molecule has 1 aromatic rings. The summed E-state index contributed by atoms with van der Waals surface area (Å²) in [5.74, 6) is -2.58. The van der Waals surface area contributed by atoms with E-state index in [0.29, 0.717) is 24.2 Å². The maximum Gasteiger partial charge on any atom is 0.308 e. The van der Waals surface area contributed by atoms with Crippen LogP contribution in [0.4, 0.5) is 10.1 Å². The number of hydrogen-bond acceptors (Lipinski definition) is 3. The van der Waals surface area contributed by atoms with E-state index >= 15 is 0 Å². The number of benzene rings is 1. The van der Waals surface area contributed by atoms with Gasteiger partial charge in [0.2, 0.25) is 11.8 Å². The maximum absolute atomic E-state index is 13.4. The van der Waals surface area contributed by atoms with E-state index in [1.165, 1.54) is 21.9 Å². The summed E-state index contributed by atoms with van der Waals surface area (Å²) in [6.45, 7) is 2.49. The van der Waals surface area contributed by atoms with Crippen LogP contribution in [0.15, 0.2) is 18.2 Å². The number of carboxylic acid groups (broad SMARTS) is 1. The second-order valence-electron chi connectivity index (χ2n) is 6.45. The first-order valence-electron chi connectivity index (χ1n) is 7.95. The summed E-state index contributed by atoms with van der Waals surface area (Å²) in [6.07, 6.45) is 0.548. The highest BCUT2D eigenvalue weighted by Crippen LogP contribution is 2.29. The van der Waals surface area contributed by atoms with Crippen molar-refractivity contribution in [3.63, 3.8) is 0 Å². The zero-order valence-corrected chi connectivity index (χ0v) is 13.4. The van der Waals surface area contributed by atoms with Gasteiger partial charge in [0, 0.05) is 31.7 Å². The number of rotatable bonds is 3. The number of aliphatic carboxylic acids is 1. The van der Waals surface area contributed by atoms with Crippen molar-refractivity contribution in [2.24, 2.45) is 11.8 Å². The quantitative estimate of drug-likeness (QED) is 0.907. The average molecular weight is 334 g/mol. The topological polar surface area (TPSA) is 77.9 Å². The molecule has 2 fully saturated rings. The molecular weight excluding hydrogens is 315 g/mol. The molecular formula is C17H19FN2O4. The van der Waals surface area contributed by atoms with Crippen molar-refractivity contribution in [2.45, 2.75) is 19.8 Å². The van der Waals surface area contributed by atoms with Gasteiger partial charge in [0.25, 0.3) is 0 Å². The summed E-state index contributed by atoms with van der Waals surface area (Å²) >= 11 is 0. The van der Waals surface area contributed by atoms with Crippen LogP contribution >= 0.6 is 0 Å². The lowest BCUT2D eigenvalue weighted by Gasteiger charge is -2.21. The molecule has 0 bridgehead atoms. The summed E-state index contributed by atoms with van der Waals surface area (Å²) in [4.78, 5) is 38.8. The van der Waals surface area contributed by atoms with Gasteiger partial charge in [0.05, 0.1) is 11.8 Å². The molecule has 2 aliphatic heterocycles. The fourth-order valence-corrected chi connectivity index (χ4v) is 3.34. The number of carbonyl (C=O) groups excluding carboxylic acids is 2. The first-order valence-corrected chi connectivity index (χ1v) is 7.95. The number of aryl methyl sites for hydroxylation is 1. The Hall–Kier alpha value is -2.44. The fourth-order valence-electron chi connectivity index (χ4n) is 3.34. The van der Waals surface area contributed by atoms with Crippen LogP contribution in [0.2, 0.25) is 0 Å². The van der Waals surface area contributed by atoms with E-state index in [4.69, 9.17) is 5.11 Å². The van der Waals surface area contributed by atoms with Gasteiger partial charge in [-0.2, -0.15) is 0 Å². The Kier molecular flexibility index (Phi) is 4.26. The Morgan fingerprint density at radius 2 is 2.00 bits per heavy atom. The lowest BCUT2D eigenvalue weighted by molar-refractivity contribution is -0.141. The standard InChI is InChI=1S/C17H19FN2O4/c1-10-6-13(2-3-14(10)18)20-9-12(7-15(20)21)16(22)19-5-4-11(8-19)17(23)24/h2-3,6,11-12H,4-5,7-9H2,1H3,(H,23,24). The molecule has 0 aromatic heterocycles. The fraction of sp³-hybridized carbons (Fsp3) is 0.471. The molecule has 2 saturated heterocycles. The monoisotopic (exact) mass is 334 g/mol. The zero-order chi connectivity index (χ0) is 17.4. The molecule has 2 aliphatic rings. The number of hydrogen-bond donors (Lipinski definition) is 1. The Balaban J connectivity index is 1.69. The molecule has 2 atom stereocenters. The van der Waals surface area contributed by atoms with E-state index in [1.807, 2.05) is 0 Å². The first-order chi connectivity index (χ1) is 11.4. The van der Waals surface area contributed by atoms with Gasteiger partial charge >= 0.3 is 5.97 Å². The number of nitrogens with zero attached hydrogens (tertiary/aromatic N) is 2. The predicted molar refractivity (Wildman–Crippen MR) is 83.9 cm³/mol. The molecule has 7 heteroatoms. The summed E-state index contributed by atoms with van der Waals surface area (Å²) in [5.41, 5.74) is 1.03. The molecule has 0 spiro atoms. The predicted octanol–water partition coefficient (Wildman–Crippen LogP) is 1.42. The van der Waals surface area contributed by atoms with E-state index in [-0.39, 0.29) is 37.1 Å². The van der Waals surface area contributed by atoms with Gasteiger partial charge in [0.15, 0.2) is 0 Å². The average Bonchev–Trinajstić information content (AvgIpc) is 3.16. The minimum absolute atomic E-state index is 0.101. The highest BCUT2D eigenvalue weighted by atomic mass is 19.1. The lowest BCUT2D eigenvalue weighted by atomic mass is 10.1. The van der Waals surface area contributed by atoms with Gasteiger partial charge in [-0.15, -0.1) is 0 Å². The molecule has 2 unspecified atom stereocenters. The minimum Gasteiger partial charge on any atom is -0.481 e. The molecule has 3 rings (SSSR count). The smallest absolute Gasteiger partial charge is 0.308 e. The third-order valence-electron chi connectivity index (χ3n) is 4.78. The second-order valence-corrected chi connectivity index (χ2v) is 6.45.